The van der Waals surface area contributed by atoms with Crippen LogP contribution in [-0.2, 0) is 6.42 Å². The van der Waals surface area contributed by atoms with Gasteiger partial charge in [-0.3, -0.25) is 0 Å². The fraction of sp³-hybridized carbons (Fsp3) is 0.647. The lowest BCUT2D eigenvalue weighted by molar-refractivity contribution is 0.0421. The van der Waals surface area contributed by atoms with Crippen LogP contribution in [0, 0.1) is 26.2 Å². The molecule has 1 aromatic carbocycles. The molecule has 18 heavy (non-hydrogen) atoms. The van der Waals surface area contributed by atoms with E-state index >= 15 is 0 Å². The zero-order valence-electron chi connectivity index (χ0n) is 12.2. The summed E-state index contributed by atoms with van der Waals surface area (Å²) in [6, 6.07) is 4.46. The van der Waals surface area contributed by atoms with E-state index < -0.39 is 0 Å². The Kier molecular flexibility index (Phi) is 3.82. The van der Waals surface area contributed by atoms with E-state index in [-0.39, 0.29) is 11.5 Å². The molecule has 0 heterocycles. The van der Waals surface area contributed by atoms with Crippen molar-refractivity contribution >= 4 is 0 Å². The second kappa shape index (κ2) is 5.05. The molecule has 1 heteroatoms. The summed E-state index contributed by atoms with van der Waals surface area (Å²) in [5, 5.41) is 10.6. The van der Waals surface area contributed by atoms with Crippen LogP contribution in [0.3, 0.4) is 0 Å². The highest BCUT2D eigenvalue weighted by atomic mass is 16.3. The number of rotatable bonds is 3. The van der Waals surface area contributed by atoms with Crippen LogP contribution < -0.4 is 0 Å². The van der Waals surface area contributed by atoms with Gasteiger partial charge in [-0.05, 0) is 62.1 Å². The predicted molar refractivity (Wildman–Crippen MR) is 76.9 cm³/mol. The van der Waals surface area contributed by atoms with Crippen LogP contribution in [0.1, 0.15) is 54.9 Å². The molecule has 1 aliphatic rings. The number of aryl methyl sites for hydroxylation is 3. The molecule has 1 aliphatic carbocycles. The smallest absolute Gasteiger partial charge is 0.0634 e. The van der Waals surface area contributed by atoms with Crippen LogP contribution in [0.25, 0.3) is 0 Å². The molecule has 1 unspecified atom stereocenters. The summed E-state index contributed by atoms with van der Waals surface area (Å²) >= 11 is 0. The second-order valence-corrected chi connectivity index (χ2v) is 6.46. The third kappa shape index (κ3) is 2.61. The van der Waals surface area contributed by atoms with E-state index in [1.165, 1.54) is 47.9 Å². The minimum atomic E-state index is -0.194. The molecular formula is C17H26O. The Labute approximate surface area is 111 Å². The van der Waals surface area contributed by atoms with Crippen LogP contribution >= 0.6 is 0 Å². The Hall–Kier alpha value is -0.820. The minimum absolute atomic E-state index is 0.143. The maximum atomic E-state index is 10.6. The van der Waals surface area contributed by atoms with Crippen molar-refractivity contribution in [1.29, 1.82) is 0 Å². The summed E-state index contributed by atoms with van der Waals surface area (Å²) in [5.74, 6) is 0. The Balaban J connectivity index is 2.19. The van der Waals surface area contributed by atoms with Gasteiger partial charge in [0.25, 0.3) is 0 Å². The monoisotopic (exact) mass is 246 g/mol. The highest BCUT2D eigenvalue weighted by Gasteiger charge is 2.36. The van der Waals surface area contributed by atoms with E-state index in [1.54, 1.807) is 0 Å². The van der Waals surface area contributed by atoms with E-state index in [1.807, 2.05) is 0 Å². The van der Waals surface area contributed by atoms with Crippen molar-refractivity contribution in [3.8, 4) is 0 Å². The van der Waals surface area contributed by atoms with Crippen LogP contribution in [0.15, 0.2) is 12.1 Å². The van der Waals surface area contributed by atoms with Crippen molar-refractivity contribution in [2.75, 3.05) is 0 Å². The van der Waals surface area contributed by atoms with Crippen LogP contribution in [0.5, 0.6) is 0 Å². The molecule has 0 saturated heterocycles. The molecule has 2 rings (SSSR count). The molecule has 0 spiro atoms. The Morgan fingerprint density at radius 1 is 1.11 bits per heavy atom. The molecule has 0 aliphatic heterocycles. The lowest BCUT2D eigenvalue weighted by atomic mass is 9.78. The number of benzene rings is 1. The van der Waals surface area contributed by atoms with Crippen molar-refractivity contribution < 1.29 is 5.11 Å². The van der Waals surface area contributed by atoms with Gasteiger partial charge in [0.1, 0.15) is 0 Å². The molecule has 100 valence electrons. The molecule has 1 fully saturated rings. The van der Waals surface area contributed by atoms with E-state index in [4.69, 9.17) is 0 Å². The van der Waals surface area contributed by atoms with Gasteiger partial charge in [-0.1, -0.05) is 37.5 Å². The lowest BCUT2D eigenvalue weighted by Gasteiger charge is -2.31. The van der Waals surface area contributed by atoms with E-state index in [2.05, 4.69) is 39.8 Å². The summed E-state index contributed by atoms with van der Waals surface area (Å²) < 4.78 is 0. The molecule has 1 saturated carbocycles. The van der Waals surface area contributed by atoms with Gasteiger partial charge in [-0.25, -0.2) is 0 Å². The topological polar surface area (TPSA) is 20.2 Å². The van der Waals surface area contributed by atoms with Crippen molar-refractivity contribution in [2.45, 2.75) is 65.9 Å². The van der Waals surface area contributed by atoms with Gasteiger partial charge in [-0.15, -0.1) is 0 Å². The number of aliphatic hydroxyl groups excluding tert-OH is 1. The molecule has 0 amide bonds. The average Bonchev–Trinajstić information content (AvgIpc) is 2.71. The first-order valence-electron chi connectivity index (χ1n) is 7.17. The number of hydrogen-bond donors (Lipinski definition) is 1. The van der Waals surface area contributed by atoms with Crippen molar-refractivity contribution in [1.82, 2.24) is 0 Å². The van der Waals surface area contributed by atoms with Crippen molar-refractivity contribution in [3.63, 3.8) is 0 Å². The zero-order chi connectivity index (χ0) is 13.3. The third-order valence-electron chi connectivity index (χ3n) is 4.79. The van der Waals surface area contributed by atoms with Gasteiger partial charge < -0.3 is 5.11 Å². The largest absolute Gasteiger partial charge is 0.392 e. The summed E-state index contributed by atoms with van der Waals surface area (Å²) in [7, 11) is 0. The molecule has 0 radical (unpaired) electrons. The standard InChI is InChI=1S/C17H26O/c1-12-9-13(2)15(14(3)10-12)11-16(18)17(4)7-5-6-8-17/h9-10,16,18H,5-8,11H2,1-4H3. The first-order valence-corrected chi connectivity index (χ1v) is 7.17. The van der Waals surface area contributed by atoms with Crippen LogP contribution in [-0.4, -0.2) is 11.2 Å². The predicted octanol–water partition coefficient (Wildman–Crippen LogP) is 4.10. The zero-order valence-corrected chi connectivity index (χ0v) is 12.2. The van der Waals surface area contributed by atoms with E-state index in [0.717, 1.165) is 6.42 Å². The quantitative estimate of drug-likeness (QED) is 0.851. The highest BCUT2D eigenvalue weighted by Crippen LogP contribution is 2.41. The summed E-state index contributed by atoms with van der Waals surface area (Å²) in [4.78, 5) is 0. The van der Waals surface area contributed by atoms with Gasteiger partial charge in [0.05, 0.1) is 6.10 Å². The molecule has 0 aromatic heterocycles. The minimum Gasteiger partial charge on any atom is -0.392 e. The fourth-order valence-corrected chi connectivity index (χ4v) is 3.49. The van der Waals surface area contributed by atoms with Gasteiger partial charge in [-0.2, -0.15) is 0 Å². The molecule has 1 N–H and O–H groups in total. The average molecular weight is 246 g/mol. The molecule has 1 nitrogen and oxygen atoms in total. The third-order valence-corrected chi connectivity index (χ3v) is 4.79. The maximum Gasteiger partial charge on any atom is 0.0634 e. The molecule has 1 atom stereocenters. The van der Waals surface area contributed by atoms with E-state index in [9.17, 15) is 5.11 Å². The SMILES string of the molecule is Cc1cc(C)c(CC(O)C2(C)CCCC2)c(C)c1. The summed E-state index contributed by atoms with van der Waals surface area (Å²) in [6.07, 6.45) is 5.53. The van der Waals surface area contributed by atoms with Crippen molar-refractivity contribution in [3.05, 3.63) is 34.4 Å². The van der Waals surface area contributed by atoms with Gasteiger partial charge in [0, 0.05) is 0 Å². The maximum absolute atomic E-state index is 10.6. The Morgan fingerprint density at radius 2 is 1.61 bits per heavy atom. The Bertz CT molecular complexity index is 404. The second-order valence-electron chi connectivity index (χ2n) is 6.46. The molecule has 0 bridgehead atoms. The first-order chi connectivity index (χ1) is 8.42. The summed E-state index contributed by atoms with van der Waals surface area (Å²) in [5.41, 5.74) is 5.46. The highest BCUT2D eigenvalue weighted by molar-refractivity contribution is 5.38. The number of hydrogen-bond acceptors (Lipinski definition) is 1. The van der Waals surface area contributed by atoms with Crippen LogP contribution in [0.4, 0.5) is 0 Å². The van der Waals surface area contributed by atoms with Gasteiger partial charge in [0.2, 0.25) is 0 Å². The normalized spacial score (nSPS) is 20.1. The van der Waals surface area contributed by atoms with E-state index in [0.29, 0.717) is 0 Å². The van der Waals surface area contributed by atoms with Gasteiger partial charge in [0.15, 0.2) is 0 Å². The molecular weight excluding hydrogens is 220 g/mol. The first kappa shape index (κ1) is 13.6. The van der Waals surface area contributed by atoms with Crippen molar-refractivity contribution in [2.24, 2.45) is 5.41 Å². The summed E-state index contributed by atoms with van der Waals surface area (Å²) in [6.45, 7) is 8.72. The lowest BCUT2D eigenvalue weighted by Crippen LogP contribution is -2.31. The fourth-order valence-electron chi connectivity index (χ4n) is 3.49. The van der Waals surface area contributed by atoms with Gasteiger partial charge >= 0.3 is 0 Å². The van der Waals surface area contributed by atoms with Crippen LogP contribution in [0.2, 0.25) is 0 Å². The molecule has 1 aromatic rings. The Morgan fingerprint density at radius 3 is 2.11 bits per heavy atom. The number of aliphatic hydroxyl groups is 1.